The Morgan fingerprint density at radius 2 is 1.46 bits per heavy atom. The molecule has 5 nitrogen and oxygen atoms in total. The maximum Gasteiger partial charge on any atom is 0.305 e. The molecule has 1 heterocycles. The lowest BCUT2D eigenvalue weighted by molar-refractivity contribution is -0.140. The summed E-state index contributed by atoms with van der Waals surface area (Å²) in [5, 5.41) is 0. The van der Waals surface area contributed by atoms with Crippen molar-refractivity contribution in [2.24, 2.45) is 0 Å². The largest absolute Gasteiger partial charge is 0.469 e. The molecule has 0 atom stereocenters. The summed E-state index contributed by atoms with van der Waals surface area (Å²) >= 11 is 0. The topological polar surface area (TPSA) is 49.9 Å². The van der Waals surface area contributed by atoms with E-state index in [9.17, 15) is 9.59 Å². The van der Waals surface area contributed by atoms with E-state index in [1.165, 1.54) is 32.8 Å². The third-order valence-electron chi connectivity index (χ3n) is 4.76. The number of Topliss-reactive ketones (excluding diaryl/α,β-unsaturated/α-hetero) is 1. The van der Waals surface area contributed by atoms with E-state index >= 15 is 0 Å². The van der Waals surface area contributed by atoms with Crippen LogP contribution in [-0.2, 0) is 14.3 Å². The van der Waals surface area contributed by atoms with Gasteiger partial charge in [0, 0.05) is 39.0 Å². The maximum absolute atomic E-state index is 11.9. The second-order valence-corrected chi connectivity index (χ2v) is 6.85. The van der Waals surface area contributed by atoms with Crippen molar-refractivity contribution < 1.29 is 14.3 Å². The molecule has 1 saturated heterocycles. The van der Waals surface area contributed by atoms with Crippen LogP contribution >= 0.6 is 0 Å². The number of hydrogen-bond donors (Lipinski definition) is 0. The second-order valence-electron chi connectivity index (χ2n) is 6.85. The summed E-state index contributed by atoms with van der Waals surface area (Å²) in [4.78, 5) is 27.7. The molecule has 0 aromatic rings. The van der Waals surface area contributed by atoms with Crippen molar-refractivity contribution in [2.45, 2.75) is 64.7 Å². The van der Waals surface area contributed by atoms with Crippen LogP contribution in [0.4, 0.5) is 0 Å². The van der Waals surface area contributed by atoms with Gasteiger partial charge in [-0.2, -0.15) is 0 Å². The summed E-state index contributed by atoms with van der Waals surface area (Å²) in [5.74, 6) is 0.304. The first-order valence-corrected chi connectivity index (χ1v) is 9.69. The Morgan fingerprint density at radius 3 is 2.12 bits per heavy atom. The number of hydrogen-bond acceptors (Lipinski definition) is 5. The van der Waals surface area contributed by atoms with Gasteiger partial charge in [-0.25, -0.2) is 0 Å². The minimum Gasteiger partial charge on any atom is -0.469 e. The normalized spacial score (nSPS) is 16.2. The van der Waals surface area contributed by atoms with E-state index in [-0.39, 0.29) is 5.97 Å². The van der Waals surface area contributed by atoms with Crippen LogP contribution in [0.1, 0.15) is 64.7 Å². The van der Waals surface area contributed by atoms with Crippen LogP contribution in [0.5, 0.6) is 0 Å². The van der Waals surface area contributed by atoms with Crippen molar-refractivity contribution in [1.82, 2.24) is 9.80 Å². The molecule has 0 aliphatic carbocycles. The Balaban J connectivity index is 1.99. The Morgan fingerprint density at radius 1 is 0.833 bits per heavy atom. The highest BCUT2D eigenvalue weighted by molar-refractivity contribution is 5.80. The fourth-order valence-corrected chi connectivity index (χ4v) is 3.13. The minimum absolute atomic E-state index is 0.102. The molecule has 0 radical (unpaired) electrons. The molecule has 0 bridgehead atoms. The van der Waals surface area contributed by atoms with E-state index in [4.69, 9.17) is 0 Å². The highest BCUT2D eigenvalue weighted by atomic mass is 16.5. The van der Waals surface area contributed by atoms with Gasteiger partial charge >= 0.3 is 5.97 Å². The van der Waals surface area contributed by atoms with Crippen LogP contribution in [0.25, 0.3) is 0 Å². The summed E-state index contributed by atoms with van der Waals surface area (Å²) in [6.45, 7) is 8.13. The zero-order valence-corrected chi connectivity index (χ0v) is 15.7. The summed E-state index contributed by atoms with van der Waals surface area (Å²) in [7, 11) is 1.45. The summed E-state index contributed by atoms with van der Waals surface area (Å²) in [6.07, 6.45) is 9.08. The number of piperazine rings is 1. The molecular weight excluding hydrogens is 304 g/mol. The number of ketones is 1. The van der Waals surface area contributed by atoms with Crippen molar-refractivity contribution in [2.75, 3.05) is 46.4 Å². The molecule has 0 N–H and O–H groups in total. The quantitative estimate of drug-likeness (QED) is 0.381. The van der Waals surface area contributed by atoms with Crippen LogP contribution in [0.2, 0.25) is 0 Å². The van der Waals surface area contributed by atoms with Crippen LogP contribution in [-0.4, -0.2) is 67.9 Å². The second kappa shape index (κ2) is 13.4. The lowest BCUT2D eigenvalue weighted by Gasteiger charge is -2.34. The number of nitrogens with zero attached hydrogens (tertiary/aromatic N) is 2. The Bertz CT molecular complexity index is 353. The first kappa shape index (κ1) is 21.1. The van der Waals surface area contributed by atoms with Crippen molar-refractivity contribution in [3.8, 4) is 0 Å². The molecule has 0 saturated carbocycles. The number of rotatable bonds is 13. The van der Waals surface area contributed by atoms with Gasteiger partial charge in [0.05, 0.1) is 13.7 Å². The van der Waals surface area contributed by atoms with Gasteiger partial charge in [-0.05, 0) is 25.8 Å². The number of methoxy groups -OCH3 is 1. The average molecular weight is 341 g/mol. The smallest absolute Gasteiger partial charge is 0.305 e. The van der Waals surface area contributed by atoms with Crippen LogP contribution in [0.15, 0.2) is 0 Å². The van der Waals surface area contributed by atoms with Crippen LogP contribution < -0.4 is 0 Å². The minimum atomic E-state index is -0.102. The maximum atomic E-state index is 11.9. The third kappa shape index (κ3) is 10.0. The van der Waals surface area contributed by atoms with E-state index in [2.05, 4.69) is 21.5 Å². The lowest BCUT2D eigenvalue weighted by atomic mass is 10.1. The molecule has 1 rings (SSSR count). The molecule has 1 fully saturated rings. The van der Waals surface area contributed by atoms with Gasteiger partial charge in [-0.1, -0.05) is 32.6 Å². The lowest BCUT2D eigenvalue weighted by Crippen LogP contribution is -2.48. The summed E-state index contributed by atoms with van der Waals surface area (Å²) < 4.78 is 4.64. The summed E-state index contributed by atoms with van der Waals surface area (Å²) in [5.41, 5.74) is 0. The number of esters is 1. The van der Waals surface area contributed by atoms with Crippen molar-refractivity contribution >= 4 is 11.8 Å². The monoisotopic (exact) mass is 340 g/mol. The van der Waals surface area contributed by atoms with E-state index in [0.717, 1.165) is 58.4 Å². The molecule has 0 amide bonds. The molecule has 0 spiro atoms. The highest BCUT2D eigenvalue weighted by Crippen LogP contribution is 2.08. The van der Waals surface area contributed by atoms with Crippen molar-refractivity contribution in [3.05, 3.63) is 0 Å². The summed E-state index contributed by atoms with van der Waals surface area (Å²) in [6, 6.07) is 0. The predicted molar refractivity (Wildman–Crippen MR) is 97.1 cm³/mol. The predicted octanol–water partition coefficient (Wildman–Crippen LogP) is 2.88. The Kier molecular flexibility index (Phi) is 11.7. The number of unbranched alkanes of at least 4 members (excludes halogenated alkanes) is 5. The van der Waals surface area contributed by atoms with Gasteiger partial charge in [-0.15, -0.1) is 0 Å². The molecule has 5 heteroatoms. The highest BCUT2D eigenvalue weighted by Gasteiger charge is 2.18. The number of carbonyl (C=O) groups excluding carboxylic acids is 2. The molecule has 0 aromatic carbocycles. The molecule has 140 valence electrons. The molecule has 1 aliphatic heterocycles. The molecular formula is C19H36N2O3. The third-order valence-corrected chi connectivity index (χ3v) is 4.76. The van der Waals surface area contributed by atoms with Gasteiger partial charge in [0.25, 0.3) is 0 Å². The van der Waals surface area contributed by atoms with Crippen LogP contribution in [0, 0.1) is 0 Å². The number of carbonyl (C=O) groups is 2. The first-order valence-electron chi connectivity index (χ1n) is 9.69. The SMILES string of the molecule is CCCCCC(=O)CN1CCN(CCCCCCC(=O)OC)CC1. The zero-order chi connectivity index (χ0) is 17.6. The first-order chi connectivity index (χ1) is 11.7. The van der Waals surface area contributed by atoms with E-state index < -0.39 is 0 Å². The molecule has 24 heavy (non-hydrogen) atoms. The van der Waals surface area contributed by atoms with Crippen LogP contribution in [0.3, 0.4) is 0 Å². The molecule has 0 unspecified atom stereocenters. The average Bonchev–Trinajstić information content (AvgIpc) is 2.59. The number of ether oxygens (including phenoxy) is 1. The van der Waals surface area contributed by atoms with Crippen molar-refractivity contribution in [1.29, 1.82) is 0 Å². The van der Waals surface area contributed by atoms with E-state index in [0.29, 0.717) is 18.7 Å². The molecule has 0 aromatic heterocycles. The van der Waals surface area contributed by atoms with Gasteiger partial charge in [0.15, 0.2) is 0 Å². The fourth-order valence-electron chi connectivity index (χ4n) is 3.13. The van der Waals surface area contributed by atoms with E-state index in [1.54, 1.807) is 0 Å². The van der Waals surface area contributed by atoms with Crippen molar-refractivity contribution in [3.63, 3.8) is 0 Å². The standard InChI is InChI=1S/C19H36N2O3/c1-3-4-7-10-18(22)17-21-15-13-20(14-16-21)12-9-6-5-8-11-19(23)24-2/h3-17H2,1-2H3. The Labute approximate surface area is 147 Å². The Hall–Kier alpha value is -0.940. The zero-order valence-electron chi connectivity index (χ0n) is 15.7. The molecule has 1 aliphatic rings. The fraction of sp³-hybridized carbons (Fsp3) is 0.895. The van der Waals surface area contributed by atoms with Gasteiger partial charge in [0.1, 0.15) is 5.78 Å². The van der Waals surface area contributed by atoms with Gasteiger partial charge in [-0.3, -0.25) is 14.5 Å². The van der Waals surface area contributed by atoms with Gasteiger partial charge < -0.3 is 9.64 Å². The van der Waals surface area contributed by atoms with E-state index in [1.807, 2.05) is 0 Å². The van der Waals surface area contributed by atoms with Gasteiger partial charge in [0.2, 0.25) is 0 Å².